The Labute approximate surface area is 188 Å². The molecule has 1 atom stereocenters. The Balaban J connectivity index is 1.48. The van der Waals surface area contributed by atoms with Crippen molar-refractivity contribution in [1.82, 2.24) is 9.97 Å². The van der Waals surface area contributed by atoms with Gasteiger partial charge in [-0.2, -0.15) is 0 Å². The number of carbonyl (C=O) groups is 1. The Hall–Kier alpha value is -3.78. The molecule has 0 spiro atoms. The summed E-state index contributed by atoms with van der Waals surface area (Å²) in [7, 11) is 0. The van der Waals surface area contributed by atoms with Crippen LogP contribution in [0.1, 0.15) is 17.4 Å². The van der Waals surface area contributed by atoms with Crippen LogP contribution in [0.25, 0.3) is 22.3 Å². The Kier molecular flexibility index (Phi) is 5.28. The zero-order valence-corrected chi connectivity index (χ0v) is 17.7. The molecule has 1 aliphatic rings. The fourth-order valence-corrected chi connectivity index (χ4v) is 5.05. The highest BCUT2D eigenvalue weighted by Crippen LogP contribution is 2.41. The van der Waals surface area contributed by atoms with Crippen LogP contribution in [0.3, 0.4) is 0 Å². The van der Waals surface area contributed by atoms with E-state index in [1.807, 2.05) is 54.6 Å². The second-order valence-electron chi connectivity index (χ2n) is 7.38. The second kappa shape index (κ2) is 8.39. The minimum Gasteiger partial charge on any atom is -0.296 e. The van der Waals surface area contributed by atoms with Crippen LogP contribution in [0, 0.1) is 10.1 Å². The molecular weight excluding hydrogens is 424 g/mol. The standard InChI is InChI=1S/C24H18N4O3S/c29-22-12-14-32-24(18-3-1-5-20(15-18)28(30)31)27(22)19-9-6-16(7-10-19)21-11-8-17-4-2-13-25-23(17)26-21/h1-11,13,15,24H,12,14H2. The van der Waals surface area contributed by atoms with E-state index >= 15 is 0 Å². The second-order valence-corrected chi connectivity index (χ2v) is 8.57. The number of amides is 1. The van der Waals surface area contributed by atoms with E-state index in [1.165, 1.54) is 6.07 Å². The molecule has 3 heterocycles. The molecule has 1 aliphatic heterocycles. The summed E-state index contributed by atoms with van der Waals surface area (Å²) in [5.74, 6) is 0.676. The van der Waals surface area contributed by atoms with Crippen molar-refractivity contribution in [2.24, 2.45) is 0 Å². The van der Waals surface area contributed by atoms with Gasteiger partial charge in [0.05, 0.1) is 10.6 Å². The number of nitro groups is 1. The Morgan fingerprint density at radius 2 is 1.88 bits per heavy atom. The third-order valence-electron chi connectivity index (χ3n) is 5.37. The van der Waals surface area contributed by atoms with Gasteiger partial charge in [0.2, 0.25) is 5.91 Å². The molecule has 1 unspecified atom stereocenters. The maximum absolute atomic E-state index is 12.9. The average Bonchev–Trinajstić information content (AvgIpc) is 2.84. The highest BCUT2D eigenvalue weighted by molar-refractivity contribution is 7.99. The Morgan fingerprint density at radius 1 is 1.03 bits per heavy atom. The van der Waals surface area contributed by atoms with Crippen molar-refractivity contribution in [2.45, 2.75) is 11.8 Å². The normalized spacial score (nSPS) is 16.3. The minimum absolute atomic E-state index is 0.000960. The first-order valence-electron chi connectivity index (χ1n) is 10.1. The number of hydrogen-bond acceptors (Lipinski definition) is 6. The monoisotopic (exact) mass is 442 g/mol. The van der Waals surface area contributed by atoms with E-state index in [0.29, 0.717) is 17.8 Å². The van der Waals surface area contributed by atoms with Crippen molar-refractivity contribution in [1.29, 1.82) is 0 Å². The molecule has 1 saturated heterocycles. The quantitative estimate of drug-likeness (QED) is 0.312. The van der Waals surface area contributed by atoms with Crippen molar-refractivity contribution in [2.75, 3.05) is 10.7 Å². The van der Waals surface area contributed by atoms with Crippen LogP contribution < -0.4 is 4.90 Å². The van der Waals surface area contributed by atoms with E-state index in [2.05, 4.69) is 9.97 Å². The number of thioether (sulfide) groups is 1. The van der Waals surface area contributed by atoms with Gasteiger partial charge in [0.25, 0.3) is 5.69 Å². The van der Waals surface area contributed by atoms with Crippen LogP contribution >= 0.6 is 11.8 Å². The fraction of sp³-hybridized carbons (Fsp3) is 0.125. The first-order valence-corrected chi connectivity index (χ1v) is 11.2. The van der Waals surface area contributed by atoms with Crippen molar-refractivity contribution < 1.29 is 9.72 Å². The molecule has 2 aromatic heterocycles. The molecule has 1 amide bonds. The lowest BCUT2D eigenvalue weighted by atomic mass is 10.1. The molecule has 0 bridgehead atoms. The van der Waals surface area contributed by atoms with E-state index in [0.717, 1.165) is 27.9 Å². The number of rotatable bonds is 4. The molecule has 8 heteroatoms. The molecule has 158 valence electrons. The van der Waals surface area contributed by atoms with Gasteiger partial charge < -0.3 is 0 Å². The SMILES string of the molecule is O=C1CCSC(c2cccc([N+](=O)[O-])c2)N1c1ccc(-c2ccc3cccnc3n2)cc1. The van der Waals surface area contributed by atoms with Crippen LogP contribution in [-0.2, 0) is 4.79 Å². The van der Waals surface area contributed by atoms with Gasteiger partial charge in [-0.25, -0.2) is 9.97 Å². The predicted octanol–water partition coefficient (Wildman–Crippen LogP) is 5.37. The predicted molar refractivity (Wildman–Crippen MR) is 125 cm³/mol. The highest BCUT2D eigenvalue weighted by atomic mass is 32.2. The van der Waals surface area contributed by atoms with E-state index in [-0.39, 0.29) is 17.0 Å². The van der Waals surface area contributed by atoms with Gasteiger partial charge in [-0.15, -0.1) is 11.8 Å². The van der Waals surface area contributed by atoms with E-state index in [4.69, 9.17) is 0 Å². The number of nitro benzene ring substituents is 1. The third kappa shape index (κ3) is 3.80. The summed E-state index contributed by atoms with van der Waals surface area (Å²) in [5.41, 5.74) is 3.92. The van der Waals surface area contributed by atoms with Crippen molar-refractivity contribution in [3.8, 4) is 11.3 Å². The van der Waals surface area contributed by atoms with E-state index in [1.54, 1.807) is 35.0 Å². The largest absolute Gasteiger partial charge is 0.296 e. The maximum Gasteiger partial charge on any atom is 0.269 e. The number of benzene rings is 2. The van der Waals surface area contributed by atoms with Gasteiger partial charge in [-0.1, -0.05) is 24.3 Å². The summed E-state index contributed by atoms with van der Waals surface area (Å²) in [5, 5.41) is 11.9. The smallest absolute Gasteiger partial charge is 0.269 e. The number of fused-ring (bicyclic) bond motifs is 1. The molecule has 0 N–H and O–H groups in total. The molecule has 5 rings (SSSR count). The topological polar surface area (TPSA) is 89.2 Å². The van der Waals surface area contributed by atoms with Gasteiger partial charge in [0.15, 0.2) is 5.65 Å². The molecule has 2 aromatic carbocycles. The zero-order valence-electron chi connectivity index (χ0n) is 16.9. The van der Waals surface area contributed by atoms with Crippen LogP contribution in [0.5, 0.6) is 0 Å². The van der Waals surface area contributed by atoms with Gasteiger partial charge in [0, 0.05) is 47.1 Å². The molecule has 4 aromatic rings. The van der Waals surface area contributed by atoms with Crippen molar-refractivity contribution in [3.05, 3.63) is 94.7 Å². The third-order valence-corrected chi connectivity index (χ3v) is 6.60. The van der Waals surface area contributed by atoms with Crippen molar-refractivity contribution in [3.63, 3.8) is 0 Å². The number of aromatic nitrogens is 2. The Bertz CT molecular complexity index is 1330. The lowest BCUT2D eigenvalue weighted by Crippen LogP contribution is -2.37. The number of hydrogen-bond donors (Lipinski definition) is 0. The van der Waals surface area contributed by atoms with E-state index in [9.17, 15) is 14.9 Å². The van der Waals surface area contributed by atoms with Gasteiger partial charge >= 0.3 is 0 Å². The number of nitrogens with zero attached hydrogens (tertiary/aromatic N) is 4. The van der Waals surface area contributed by atoms with Crippen LogP contribution in [0.2, 0.25) is 0 Å². The number of non-ortho nitro benzene ring substituents is 1. The molecule has 0 aliphatic carbocycles. The first-order chi connectivity index (χ1) is 15.6. The summed E-state index contributed by atoms with van der Waals surface area (Å²) >= 11 is 1.61. The molecule has 0 radical (unpaired) electrons. The van der Waals surface area contributed by atoms with Crippen LogP contribution in [0.15, 0.2) is 79.0 Å². The molecule has 7 nitrogen and oxygen atoms in total. The Morgan fingerprint density at radius 3 is 2.69 bits per heavy atom. The van der Waals surface area contributed by atoms with Gasteiger partial charge in [0.1, 0.15) is 5.37 Å². The summed E-state index contributed by atoms with van der Waals surface area (Å²) in [6.45, 7) is 0. The maximum atomic E-state index is 12.9. The highest BCUT2D eigenvalue weighted by Gasteiger charge is 2.32. The number of pyridine rings is 2. The molecular formula is C24H18N4O3S. The van der Waals surface area contributed by atoms with Crippen molar-refractivity contribution >= 4 is 40.1 Å². The zero-order chi connectivity index (χ0) is 22.1. The van der Waals surface area contributed by atoms with Gasteiger partial charge in [-0.05, 0) is 42.0 Å². The van der Waals surface area contributed by atoms with Crippen LogP contribution in [-0.4, -0.2) is 26.6 Å². The van der Waals surface area contributed by atoms with E-state index < -0.39 is 4.92 Å². The van der Waals surface area contributed by atoms with Crippen LogP contribution in [0.4, 0.5) is 11.4 Å². The lowest BCUT2D eigenvalue weighted by molar-refractivity contribution is -0.384. The molecule has 32 heavy (non-hydrogen) atoms. The number of anilines is 1. The molecule has 1 fully saturated rings. The summed E-state index contributed by atoms with van der Waals surface area (Å²) in [6, 6.07) is 21.9. The summed E-state index contributed by atoms with van der Waals surface area (Å²) in [4.78, 5) is 34.3. The summed E-state index contributed by atoms with van der Waals surface area (Å²) < 4.78 is 0. The first kappa shape index (κ1) is 20.1. The molecule has 0 saturated carbocycles. The average molecular weight is 443 g/mol. The fourth-order valence-electron chi connectivity index (χ4n) is 3.81. The van der Waals surface area contributed by atoms with Gasteiger partial charge in [-0.3, -0.25) is 19.8 Å². The minimum atomic E-state index is -0.413. The number of carbonyl (C=O) groups excluding carboxylic acids is 1. The lowest BCUT2D eigenvalue weighted by Gasteiger charge is -2.35. The summed E-state index contributed by atoms with van der Waals surface area (Å²) in [6.07, 6.45) is 2.14.